The van der Waals surface area contributed by atoms with Crippen LogP contribution in [0, 0.1) is 13.8 Å². The van der Waals surface area contributed by atoms with Crippen molar-refractivity contribution >= 4 is 6.08 Å². The molecule has 1 aliphatic carbocycles. The Morgan fingerprint density at radius 1 is 1.33 bits per heavy atom. The van der Waals surface area contributed by atoms with Crippen molar-refractivity contribution in [3.05, 3.63) is 34.9 Å². The lowest BCUT2D eigenvalue weighted by atomic mass is 9.70. The maximum atomic E-state index is 10.5. The SMILES string of the molecule is Cc1cccc(C2(N=C=O)CCC2)c1C. The van der Waals surface area contributed by atoms with E-state index >= 15 is 0 Å². The van der Waals surface area contributed by atoms with E-state index in [4.69, 9.17) is 0 Å². The molecule has 0 N–H and O–H groups in total. The number of aliphatic imine (C=N–C) groups is 1. The van der Waals surface area contributed by atoms with Gasteiger partial charge in [0.15, 0.2) is 0 Å². The van der Waals surface area contributed by atoms with E-state index in [9.17, 15) is 4.79 Å². The average molecular weight is 201 g/mol. The first-order valence-electron chi connectivity index (χ1n) is 5.35. The Balaban J connectivity index is 2.52. The molecule has 0 saturated heterocycles. The van der Waals surface area contributed by atoms with Crippen LogP contribution in [0.15, 0.2) is 23.2 Å². The zero-order valence-corrected chi connectivity index (χ0v) is 9.21. The number of isocyanates is 1. The van der Waals surface area contributed by atoms with Gasteiger partial charge >= 0.3 is 0 Å². The van der Waals surface area contributed by atoms with Crippen molar-refractivity contribution in [1.29, 1.82) is 0 Å². The maximum absolute atomic E-state index is 10.5. The summed E-state index contributed by atoms with van der Waals surface area (Å²) in [5.74, 6) is 0. The van der Waals surface area contributed by atoms with Crippen LogP contribution < -0.4 is 0 Å². The first-order chi connectivity index (χ1) is 7.19. The summed E-state index contributed by atoms with van der Waals surface area (Å²) in [4.78, 5) is 14.5. The lowest BCUT2D eigenvalue weighted by Gasteiger charge is -2.38. The summed E-state index contributed by atoms with van der Waals surface area (Å²) in [6.45, 7) is 4.20. The zero-order valence-electron chi connectivity index (χ0n) is 9.21. The highest BCUT2D eigenvalue weighted by atomic mass is 16.1. The molecule has 1 saturated carbocycles. The minimum absolute atomic E-state index is 0.252. The van der Waals surface area contributed by atoms with E-state index < -0.39 is 0 Å². The molecule has 0 radical (unpaired) electrons. The van der Waals surface area contributed by atoms with Crippen molar-refractivity contribution in [2.75, 3.05) is 0 Å². The van der Waals surface area contributed by atoms with Gasteiger partial charge in [-0.15, -0.1) is 0 Å². The Labute approximate surface area is 90.0 Å². The molecule has 15 heavy (non-hydrogen) atoms. The lowest BCUT2D eigenvalue weighted by Crippen LogP contribution is -2.32. The molecule has 1 fully saturated rings. The fraction of sp³-hybridized carbons (Fsp3) is 0.462. The number of benzene rings is 1. The van der Waals surface area contributed by atoms with E-state index in [1.54, 1.807) is 6.08 Å². The molecule has 1 aromatic carbocycles. The first-order valence-corrected chi connectivity index (χ1v) is 5.35. The van der Waals surface area contributed by atoms with E-state index in [1.807, 2.05) is 6.07 Å². The molecule has 2 heteroatoms. The van der Waals surface area contributed by atoms with Gasteiger partial charge in [-0.25, -0.2) is 4.79 Å². The maximum Gasteiger partial charge on any atom is 0.235 e. The summed E-state index contributed by atoms with van der Waals surface area (Å²) < 4.78 is 0. The van der Waals surface area contributed by atoms with E-state index in [0.29, 0.717) is 0 Å². The van der Waals surface area contributed by atoms with Gasteiger partial charge in [-0.1, -0.05) is 18.2 Å². The van der Waals surface area contributed by atoms with E-state index in [-0.39, 0.29) is 5.54 Å². The third-order valence-electron chi connectivity index (χ3n) is 3.55. The molecule has 0 unspecified atom stereocenters. The van der Waals surface area contributed by atoms with E-state index in [1.165, 1.54) is 16.7 Å². The topological polar surface area (TPSA) is 29.4 Å². The Morgan fingerprint density at radius 2 is 2.07 bits per heavy atom. The molecule has 0 amide bonds. The minimum atomic E-state index is -0.252. The second-order valence-electron chi connectivity index (χ2n) is 4.34. The van der Waals surface area contributed by atoms with Gasteiger partial charge in [0.05, 0.1) is 5.54 Å². The number of aryl methyl sites for hydroxylation is 1. The summed E-state index contributed by atoms with van der Waals surface area (Å²) in [7, 11) is 0. The van der Waals surface area contributed by atoms with Crippen LogP contribution in [-0.4, -0.2) is 6.08 Å². The molecule has 78 valence electrons. The second kappa shape index (κ2) is 3.63. The smallest absolute Gasteiger partial charge is 0.211 e. The van der Waals surface area contributed by atoms with Crippen LogP contribution >= 0.6 is 0 Å². The van der Waals surface area contributed by atoms with Crippen LogP contribution in [0.2, 0.25) is 0 Å². The fourth-order valence-corrected chi connectivity index (χ4v) is 2.30. The van der Waals surface area contributed by atoms with Gasteiger partial charge in [0, 0.05) is 0 Å². The third-order valence-corrected chi connectivity index (χ3v) is 3.55. The van der Waals surface area contributed by atoms with Crippen LogP contribution in [0.5, 0.6) is 0 Å². The lowest BCUT2D eigenvalue weighted by molar-refractivity contribution is 0.254. The van der Waals surface area contributed by atoms with Crippen molar-refractivity contribution in [2.24, 2.45) is 4.99 Å². The average Bonchev–Trinajstić information content (AvgIpc) is 2.17. The second-order valence-corrected chi connectivity index (χ2v) is 4.34. The zero-order chi connectivity index (χ0) is 10.9. The van der Waals surface area contributed by atoms with Gasteiger partial charge in [0.1, 0.15) is 0 Å². The van der Waals surface area contributed by atoms with E-state index in [0.717, 1.165) is 19.3 Å². The predicted octanol–water partition coefficient (Wildman–Crippen LogP) is 3.02. The number of hydrogen-bond donors (Lipinski definition) is 0. The van der Waals surface area contributed by atoms with Gasteiger partial charge in [0.25, 0.3) is 0 Å². The quantitative estimate of drug-likeness (QED) is 0.534. The summed E-state index contributed by atoms with van der Waals surface area (Å²) in [5, 5.41) is 0. The van der Waals surface area contributed by atoms with Crippen LogP contribution in [0.3, 0.4) is 0 Å². The monoisotopic (exact) mass is 201 g/mol. The van der Waals surface area contributed by atoms with Crippen LogP contribution in [0.25, 0.3) is 0 Å². The van der Waals surface area contributed by atoms with Crippen LogP contribution in [0.1, 0.15) is 36.0 Å². The number of nitrogens with zero attached hydrogens (tertiary/aromatic N) is 1. The Morgan fingerprint density at radius 3 is 2.60 bits per heavy atom. The highest BCUT2D eigenvalue weighted by Crippen LogP contribution is 2.46. The van der Waals surface area contributed by atoms with Crippen LogP contribution in [-0.2, 0) is 10.3 Å². The molecule has 0 bridgehead atoms. The normalized spacial score (nSPS) is 17.7. The summed E-state index contributed by atoms with van der Waals surface area (Å²) in [5.41, 5.74) is 3.48. The number of hydrogen-bond acceptors (Lipinski definition) is 2. The Kier molecular flexibility index (Phi) is 2.45. The van der Waals surface area contributed by atoms with Gasteiger partial charge < -0.3 is 0 Å². The molecule has 2 nitrogen and oxygen atoms in total. The molecule has 1 aliphatic rings. The van der Waals surface area contributed by atoms with Crippen molar-refractivity contribution in [2.45, 2.75) is 38.6 Å². The van der Waals surface area contributed by atoms with Crippen molar-refractivity contribution in [1.82, 2.24) is 0 Å². The van der Waals surface area contributed by atoms with Crippen molar-refractivity contribution < 1.29 is 4.79 Å². The van der Waals surface area contributed by atoms with E-state index in [2.05, 4.69) is 31.0 Å². The summed E-state index contributed by atoms with van der Waals surface area (Å²) in [6, 6.07) is 6.22. The highest BCUT2D eigenvalue weighted by Gasteiger charge is 2.39. The predicted molar refractivity (Wildman–Crippen MR) is 59.6 cm³/mol. The molecule has 0 spiro atoms. The number of rotatable bonds is 2. The van der Waals surface area contributed by atoms with Gasteiger partial charge in [0.2, 0.25) is 6.08 Å². The molecule has 0 aromatic heterocycles. The molecular formula is C13H15NO. The summed E-state index contributed by atoms with van der Waals surface area (Å²) in [6.07, 6.45) is 4.84. The van der Waals surface area contributed by atoms with Gasteiger partial charge in [-0.2, -0.15) is 4.99 Å². The minimum Gasteiger partial charge on any atom is -0.211 e. The van der Waals surface area contributed by atoms with Gasteiger partial charge in [-0.3, -0.25) is 0 Å². The summed E-state index contributed by atoms with van der Waals surface area (Å²) >= 11 is 0. The van der Waals surface area contributed by atoms with Gasteiger partial charge in [-0.05, 0) is 49.8 Å². The van der Waals surface area contributed by atoms with Crippen molar-refractivity contribution in [3.8, 4) is 0 Å². The molecule has 1 aromatic rings. The molecule has 2 rings (SSSR count). The molecule has 0 aliphatic heterocycles. The molecule has 0 heterocycles. The standard InChI is InChI=1S/C13H15NO/c1-10-5-3-6-12(11(10)2)13(14-9-15)7-4-8-13/h3,5-6H,4,7-8H2,1-2H3. The Hall–Kier alpha value is -1.40. The molecule has 0 atom stereocenters. The third kappa shape index (κ3) is 1.51. The molecular weight excluding hydrogens is 186 g/mol. The number of carbonyl (C=O) groups excluding carboxylic acids is 1. The highest BCUT2D eigenvalue weighted by molar-refractivity contribution is 5.44. The van der Waals surface area contributed by atoms with Crippen LogP contribution in [0.4, 0.5) is 0 Å². The Bertz CT molecular complexity index is 426. The van der Waals surface area contributed by atoms with Crippen molar-refractivity contribution in [3.63, 3.8) is 0 Å². The largest absolute Gasteiger partial charge is 0.235 e. The first kappa shape index (κ1) is 10.1. The fourth-order valence-electron chi connectivity index (χ4n) is 2.30.